The first-order valence-corrected chi connectivity index (χ1v) is 11.9. The standard InChI is InChI=1S/C26H27F2N5O3/c1-4-22-21-14-35-10-9-33(21)20-13-19(31-32-25(20)36-22)18-12-17(6-5-15(18)2)30-24(34)16-7-8-29-23(11-16)26(3,27)28/h5-8,11-13,21-22H,4,9-10,14H2,1-3H3,(H,30,34)/t21-,22+/m1/s1. The summed E-state index contributed by atoms with van der Waals surface area (Å²) < 4.78 is 39.1. The molecule has 3 aromatic rings. The molecule has 1 N–H and O–H groups in total. The van der Waals surface area contributed by atoms with E-state index in [1.54, 1.807) is 12.1 Å². The van der Waals surface area contributed by atoms with Gasteiger partial charge in [0.2, 0.25) is 0 Å². The van der Waals surface area contributed by atoms with E-state index in [1.807, 2.05) is 19.1 Å². The van der Waals surface area contributed by atoms with E-state index < -0.39 is 17.5 Å². The lowest BCUT2D eigenvalue weighted by molar-refractivity contribution is 0.0127. The van der Waals surface area contributed by atoms with E-state index in [0.717, 1.165) is 42.8 Å². The van der Waals surface area contributed by atoms with Crippen LogP contribution in [0.15, 0.2) is 42.6 Å². The zero-order valence-electron chi connectivity index (χ0n) is 20.3. The van der Waals surface area contributed by atoms with Crippen LogP contribution in [0.25, 0.3) is 11.3 Å². The molecule has 1 amide bonds. The van der Waals surface area contributed by atoms with Gasteiger partial charge in [0, 0.05) is 36.5 Å². The van der Waals surface area contributed by atoms with E-state index in [-0.39, 0.29) is 17.7 Å². The Balaban J connectivity index is 1.43. The van der Waals surface area contributed by atoms with Crippen LogP contribution in [0.4, 0.5) is 20.2 Å². The molecule has 0 aliphatic carbocycles. The molecule has 10 heteroatoms. The quantitative estimate of drug-likeness (QED) is 0.554. The third-order valence-electron chi connectivity index (χ3n) is 6.55. The summed E-state index contributed by atoms with van der Waals surface area (Å²) in [5, 5.41) is 11.6. The molecule has 0 saturated carbocycles. The van der Waals surface area contributed by atoms with Crippen LogP contribution in [0.2, 0.25) is 0 Å². The molecule has 1 aromatic carbocycles. The summed E-state index contributed by atoms with van der Waals surface area (Å²) in [6, 6.07) is 9.99. The van der Waals surface area contributed by atoms with Gasteiger partial charge in [0.1, 0.15) is 17.5 Å². The Kier molecular flexibility index (Phi) is 6.29. The summed E-state index contributed by atoms with van der Waals surface area (Å²) in [7, 11) is 0. The van der Waals surface area contributed by atoms with Gasteiger partial charge < -0.3 is 19.7 Å². The van der Waals surface area contributed by atoms with Crippen LogP contribution in [0, 0.1) is 6.92 Å². The Hall–Kier alpha value is -3.66. The van der Waals surface area contributed by atoms with Gasteiger partial charge in [0.15, 0.2) is 0 Å². The number of fused-ring (bicyclic) bond motifs is 3. The molecule has 188 valence electrons. The number of anilines is 2. The molecule has 8 nitrogen and oxygen atoms in total. The SMILES string of the molecule is CC[C@@H]1Oc2nnc(-c3cc(NC(=O)c4ccnc(C(C)(F)F)c4)ccc3C)cc2N2CCOC[C@H]12. The Labute approximate surface area is 207 Å². The number of carbonyl (C=O) groups is 1. The molecule has 2 aliphatic rings. The second-order valence-electron chi connectivity index (χ2n) is 9.12. The lowest BCUT2D eigenvalue weighted by atomic mass is 10.0. The lowest BCUT2D eigenvalue weighted by Crippen LogP contribution is -2.56. The van der Waals surface area contributed by atoms with Crippen molar-refractivity contribution in [3.05, 3.63) is 59.4 Å². The number of benzene rings is 1. The van der Waals surface area contributed by atoms with Crippen molar-refractivity contribution in [2.24, 2.45) is 0 Å². The van der Waals surface area contributed by atoms with E-state index >= 15 is 0 Å². The van der Waals surface area contributed by atoms with Gasteiger partial charge >= 0.3 is 0 Å². The minimum Gasteiger partial charge on any atom is -0.470 e. The van der Waals surface area contributed by atoms with Crippen molar-refractivity contribution >= 4 is 17.3 Å². The maximum absolute atomic E-state index is 13.6. The number of halogens is 2. The third kappa shape index (κ3) is 4.60. The second-order valence-corrected chi connectivity index (χ2v) is 9.12. The van der Waals surface area contributed by atoms with E-state index in [2.05, 4.69) is 32.3 Å². The van der Waals surface area contributed by atoms with Gasteiger partial charge in [-0.3, -0.25) is 9.78 Å². The Morgan fingerprint density at radius 3 is 2.83 bits per heavy atom. The minimum atomic E-state index is -3.14. The first-order chi connectivity index (χ1) is 17.2. The fraction of sp³-hybridized carbons (Fsp3) is 0.385. The van der Waals surface area contributed by atoms with Crippen molar-refractivity contribution in [3.8, 4) is 17.1 Å². The molecule has 0 bridgehead atoms. The van der Waals surface area contributed by atoms with Gasteiger partial charge in [0.25, 0.3) is 17.7 Å². The Bertz CT molecular complexity index is 1300. The third-order valence-corrected chi connectivity index (χ3v) is 6.55. The van der Waals surface area contributed by atoms with Crippen molar-refractivity contribution in [3.63, 3.8) is 0 Å². The van der Waals surface area contributed by atoms with Gasteiger partial charge in [-0.05, 0) is 49.2 Å². The summed E-state index contributed by atoms with van der Waals surface area (Å²) in [6.45, 7) is 6.73. The molecule has 2 aliphatic heterocycles. The highest BCUT2D eigenvalue weighted by molar-refractivity contribution is 6.04. The minimum absolute atomic E-state index is 0.0143. The molecule has 2 aromatic heterocycles. The fourth-order valence-electron chi connectivity index (χ4n) is 4.59. The number of aromatic nitrogens is 3. The summed E-state index contributed by atoms with van der Waals surface area (Å²) in [5.41, 5.74) is 3.39. The van der Waals surface area contributed by atoms with E-state index in [0.29, 0.717) is 30.5 Å². The van der Waals surface area contributed by atoms with Crippen molar-refractivity contribution in [1.29, 1.82) is 0 Å². The zero-order chi connectivity index (χ0) is 25.4. The highest BCUT2D eigenvalue weighted by atomic mass is 19.3. The van der Waals surface area contributed by atoms with Crippen LogP contribution in [-0.4, -0.2) is 53.0 Å². The molecule has 1 fully saturated rings. The predicted molar refractivity (Wildman–Crippen MR) is 131 cm³/mol. The smallest absolute Gasteiger partial charge is 0.286 e. The lowest BCUT2D eigenvalue weighted by Gasteiger charge is -2.44. The monoisotopic (exact) mass is 495 g/mol. The Morgan fingerprint density at radius 2 is 2.06 bits per heavy atom. The van der Waals surface area contributed by atoms with Gasteiger partial charge in [-0.2, -0.15) is 8.78 Å². The summed E-state index contributed by atoms with van der Waals surface area (Å²) in [4.78, 5) is 18.7. The van der Waals surface area contributed by atoms with Crippen LogP contribution in [0.3, 0.4) is 0 Å². The molecule has 36 heavy (non-hydrogen) atoms. The number of nitrogens with zero attached hydrogens (tertiary/aromatic N) is 4. The number of ether oxygens (including phenoxy) is 2. The molecule has 1 saturated heterocycles. The fourth-order valence-corrected chi connectivity index (χ4v) is 4.59. The van der Waals surface area contributed by atoms with E-state index in [4.69, 9.17) is 9.47 Å². The second kappa shape index (κ2) is 9.42. The highest BCUT2D eigenvalue weighted by Crippen LogP contribution is 2.39. The number of aryl methyl sites for hydroxylation is 1. The normalized spacial score (nSPS) is 19.2. The summed E-state index contributed by atoms with van der Waals surface area (Å²) in [6.07, 6.45) is 2.03. The number of amides is 1. The number of pyridine rings is 1. The van der Waals surface area contributed by atoms with Crippen LogP contribution >= 0.6 is 0 Å². The number of nitrogens with one attached hydrogen (secondary N) is 1. The number of morpholine rings is 1. The van der Waals surface area contributed by atoms with Crippen molar-refractivity contribution in [2.45, 2.75) is 45.3 Å². The number of alkyl halides is 2. The largest absolute Gasteiger partial charge is 0.470 e. The molecule has 4 heterocycles. The number of hydrogen-bond acceptors (Lipinski definition) is 7. The van der Waals surface area contributed by atoms with E-state index in [9.17, 15) is 13.6 Å². The predicted octanol–water partition coefficient (Wildman–Crippen LogP) is 4.59. The summed E-state index contributed by atoms with van der Waals surface area (Å²) in [5.74, 6) is -3.14. The molecule has 2 atom stereocenters. The molecule has 0 unspecified atom stereocenters. The topological polar surface area (TPSA) is 89.5 Å². The zero-order valence-corrected chi connectivity index (χ0v) is 20.3. The van der Waals surface area contributed by atoms with Crippen LogP contribution in [0.1, 0.15) is 41.9 Å². The van der Waals surface area contributed by atoms with E-state index in [1.165, 1.54) is 12.3 Å². The highest BCUT2D eigenvalue weighted by Gasteiger charge is 2.38. The van der Waals surface area contributed by atoms with Gasteiger partial charge in [-0.15, -0.1) is 10.2 Å². The van der Waals surface area contributed by atoms with Gasteiger partial charge in [0.05, 0.1) is 24.9 Å². The van der Waals surface area contributed by atoms with Crippen LogP contribution < -0.4 is 15.0 Å². The first kappa shape index (κ1) is 24.1. The maximum atomic E-state index is 13.6. The molecule has 0 radical (unpaired) electrons. The van der Waals surface area contributed by atoms with Crippen LogP contribution in [0.5, 0.6) is 5.88 Å². The van der Waals surface area contributed by atoms with Gasteiger partial charge in [-0.1, -0.05) is 13.0 Å². The van der Waals surface area contributed by atoms with Crippen molar-refractivity contribution in [1.82, 2.24) is 15.2 Å². The van der Waals surface area contributed by atoms with Crippen molar-refractivity contribution in [2.75, 3.05) is 30.0 Å². The molecular formula is C26H27F2N5O3. The number of hydrogen-bond donors (Lipinski definition) is 1. The van der Waals surface area contributed by atoms with Gasteiger partial charge in [-0.25, -0.2) is 0 Å². The number of carbonyl (C=O) groups excluding carboxylic acids is 1. The molecule has 0 spiro atoms. The Morgan fingerprint density at radius 1 is 1.22 bits per heavy atom. The average Bonchev–Trinajstić information content (AvgIpc) is 2.88. The van der Waals surface area contributed by atoms with Crippen LogP contribution in [-0.2, 0) is 10.7 Å². The summed E-state index contributed by atoms with van der Waals surface area (Å²) >= 11 is 0. The molecule has 5 rings (SSSR count). The average molecular weight is 496 g/mol. The number of rotatable bonds is 5. The maximum Gasteiger partial charge on any atom is 0.286 e. The molecular weight excluding hydrogens is 468 g/mol. The first-order valence-electron chi connectivity index (χ1n) is 11.9. The van der Waals surface area contributed by atoms with Crippen molar-refractivity contribution < 1.29 is 23.0 Å².